The Labute approximate surface area is 197 Å². The Bertz CT molecular complexity index is 806. The first-order valence-corrected chi connectivity index (χ1v) is 13.2. The SMILES string of the molecule is C[C@]12CCC(OC(=O)N3CCCC(O)C3)CC1CC[C@@H]1[C@H]2CC[C@]2(C)C(C(=O)O)CC[C@@]12N. The number of aliphatic hydroxyl groups is 1. The number of amides is 1. The number of ether oxygens (including phenoxy) is 1. The number of carboxylic acid groups (broad SMARTS) is 1. The predicted octanol–water partition coefficient (Wildman–Crippen LogP) is 3.77. The molecule has 7 heteroatoms. The minimum atomic E-state index is -0.674. The summed E-state index contributed by atoms with van der Waals surface area (Å²) in [5.41, 5.74) is 6.68. The van der Waals surface area contributed by atoms with Crippen LogP contribution in [0.3, 0.4) is 0 Å². The number of carbonyl (C=O) groups is 2. The third-order valence-corrected chi connectivity index (χ3v) is 11.2. The van der Waals surface area contributed by atoms with Crippen LogP contribution in [-0.2, 0) is 9.53 Å². The lowest BCUT2D eigenvalue weighted by atomic mass is 9.42. The highest BCUT2D eigenvalue weighted by Gasteiger charge is 2.67. The molecule has 0 aromatic heterocycles. The van der Waals surface area contributed by atoms with Crippen molar-refractivity contribution in [2.45, 2.75) is 102 Å². The van der Waals surface area contributed by atoms with Gasteiger partial charge in [0.15, 0.2) is 0 Å². The van der Waals surface area contributed by atoms with Gasteiger partial charge in [0.1, 0.15) is 6.10 Å². The second-order valence-electron chi connectivity index (χ2n) is 12.4. The fraction of sp³-hybridized carbons (Fsp3) is 0.923. The van der Waals surface area contributed by atoms with Crippen molar-refractivity contribution >= 4 is 12.1 Å². The van der Waals surface area contributed by atoms with E-state index in [1.807, 2.05) is 0 Å². The molecule has 1 heterocycles. The van der Waals surface area contributed by atoms with Gasteiger partial charge in [0.05, 0.1) is 12.0 Å². The number of fused-ring (bicyclic) bond motifs is 5. The van der Waals surface area contributed by atoms with Crippen LogP contribution >= 0.6 is 0 Å². The van der Waals surface area contributed by atoms with Crippen molar-refractivity contribution < 1.29 is 24.5 Å². The van der Waals surface area contributed by atoms with E-state index in [9.17, 15) is 19.8 Å². The molecular weight excluding hydrogens is 420 g/mol. The normalized spacial score (nSPS) is 49.5. The van der Waals surface area contributed by atoms with Gasteiger partial charge in [-0.15, -0.1) is 0 Å². The first-order chi connectivity index (χ1) is 15.6. The topological polar surface area (TPSA) is 113 Å². The number of aliphatic hydroxyl groups excluding tert-OH is 1. The predicted molar refractivity (Wildman–Crippen MR) is 123 cm³/mol. The van der Waals surface area contributed by atoms with Gasteiger partial charge in [-0.25, -0.2) is 4.79 Å². The Morgan fingerprint density at radius 2 is 1.79 bits per heavy atom. The van der Waals surface area contributed by atoms with Crippen LogP contribution in [0.4, 0.5) is 4.79 Å². The summed E-state index contributed by atoms with van der Waals surface area (Å²) in [6.45, 7) is 5.63. The average molecular weight is 463 g/mol. The van der Waals surface area contributed by atoms with Crippen molar-refractivity contribution in [3.8, 4) is 0 Å². The van der Waals surface area contributed by atoms with E-state index >= 15 is 0 Å². The first-order valence-electron chi connectivity index (χ1n) is 13.2. The molecule has 1 aliphatic heterocycles. The largest absolute Gasteiger partial charge is 0.481 e. The molecule has 186 valence electrons. The van der Waals surface area contributed by atoms with Crippen molar-refractivity contribution in [1.82, 2.24) is 4.90 Å². The van der Waals surface area contributed by atoms with Gasteiger partial charge in [-0.2, -0.15) is 0 Å². The number of hydrogen-bond donors (Lipinski definition) is 3. The van der Waals surface area contributed by atoms with Crippen LogP contribution in [-0.4, -0.2) is 58.0 Å². The van der Waals surface area contributed by atoms with Gasteiger partial charge in [-0.1, -0.05) is 13.8 Å². The van der Waals surface area contributed by atoms with E-state index in [0.717, 1.165) is 64.2 Å². The molecule has 5 rings (SSSR count). The quantitative estimate of drug-likeness (QED) is 0.576. The lowest BCUT2D eigenvalue weighted by molar-refractivity contribution is -0.157. The summed E-state index contributed by atoms with van der Waals surface area (Å²) >= 11 is 0. The number of nitrogens with two attached hydrogens (primary N) is 1. The fourth-order valence-corrected chi connectivity index (χ4v) is 9.13. The lowest BCUT2D eigenvalue weighted by Crippen LogP contribution is -2.66. The third kappa shape index (κ3) is 3.51. The second kappa shape index (κ2) is 8.11. The maximum Gasteiger partial charge on any atom is 0.410 e. The Morgan fingerprint density at radius 3 is 2.52 bits per heavy atom. The first kappa shape index (κ1) is 23.4. The van der Waals surface area contributed by atoms with Crippen molar-refractivity contribution in [2.24, 2.45) is 40.2 Å². The van der Waals surface area contributed by atoms with E-state index in [4.69, 9.17) is 10.5 Å². The highest BCUT2D eigenvalue weighted by molar-refractivity contribution is 5.72. The molecular formula is C26H42N2O5. The number of piperidine rings is 1. The van der Waals surface area contributed by atoms with Crippen molar-refractivity contribution in [3.63, 3.8) is 0 Å². The van der Waals surface area contributed by atoms with Gasteiger partial charge in [0, 0.05) is 18.6 Å². The molecule has 1 saturated heterocycles. The maximum atomic E-state index is 12.7. The molecule has 4 aliphatic carbocycles. The summed E-state index contributed by atoms with van der Waals surface area (Å²) in [4.78, 5) is 26.4. The summed E-state index contributed by atoms with van der Waals surface area (Å²) in [6, 6.07) is 0. The summed E-state index contributed by atoms with van der Waals surface area (Å²) in [7, 11) is 0. The van der Waals surface area contributed by atoms with Crippen LogP contribution in [0.5, 0.6) is 0 Å². The van der Waals surface area contributed by atoms with Crippen LogP contribution in [0.25, 0.3) is 0 Å². The zero-order chi connectivity index (χ0) is 23.6. The molecule has 1 amide bonds. The monoisotopic (exact) mass is 462 g/mol. The molecule has 0 aromatic carbocycles. The molecule has 5 fully saturated rings. The summed E-state index contributed by atoms with van der Waals surface area (Å²) in [6.07, 6.45) is 9.29. The van der Waals surface area contributed by atoms with Crippen LogP contribution < -0.4 is 5.73 Å². The molecule has 4 unspecified atom stereocenters. The number of likely N-dealkylation sites (tertiary alicyclic amines) is 1. The molecule has 9 atom stereocenters. The number of hydrogen-bond acceptors (Lipinski definition) is 5. The van der Waals surface area contributed by atoms with Gasteiger partial charge in [0.2, 0.25) is 0 Å². The number of nitrogens with zero attached hydrogens (tertiary/aromatic N) is 1. The molecule has 0 spiro atoms. The van der Waals surface area contributed by atoms with E-state index in [2.05, 4.69) is 13.8 Å². The minimum Gasteiger partial charge on any atom is -0.481 e. The van der Waals surface area contributed by atoms with Crippen LogP contribution in [0.2, 0.25) is 0 Å². The highest BCUT2D eigenvalue weighted by Crippen LogP contribution is 2.68. The Hall–Kier alpha value is -1.34. The fourth-order valence-electron chi connectivity index (χ4n) is 9.13. The average Bonchev–Trinajstić information content (AvgIpc) is 3.05. The van der Waals surface area contributed by atoms with E-state index in [0.29, 0.717) is 37.3 Å². The number of carbonyl (C=O) groups excluding carboxylic acids is 1. The number of carboxylic acids is 1. The van der Waals surface area contributed by atoms with E-state index in [1.165, 1.54) is 0 Å². The second-order valence-corrected chi connectivity index (χ2v) is 12.4. The van der Waals surface area contributed by atoms with E-state index < -0.39 is 12.1 Å². The van der Waals surface area contributed by atoms with Gasteiger partial charge < -0.3 is 25.6 Å². The maximum absolute atomic E-state index is 12.7. The molecule has 4 N–H and O–H groups in total. The Morgan fingerprint density at radius 1 is 1.00 bits per heavy atom. The lowest BCUT2D eigenvalue weighted by Gasteiger charge is -2.64. The van der Waals surface area contributed by atoms with Crippen LogP contribution in [0, 0.1) is 34.5 Å². The molecule has 0 aromatic rings. The van der Waals surface area contributed by atoms with Crippen molar-refractivity contribution in [3.05, 3.63) is 0 Å². The molecule has 7 nitrogen and oxygen atoms in total. The van der Waals surface area contributed by atoms with Gasteiger partial charge in [-0.05, 0) is 99.2 Å². The van der Waals surface area contributed by atoms with E-state index in [1.54, 1.807) is 4.90 Å². The number of β-amino-alcohol motifs (C(OH)–C–C–N with tert-alkyl or cyclic N) is 1. The molecule has 0 radical (unpaired) electrons. The third-order valence-electron chi connectivity index (χ3n) is 11.2. The van der Waals surface area contributed by atoms with Crippen LogP contribution in [0.1, 0.15) is 84.5 Å². The smallest absolute Gasteiger partial charge is 0.410 e. The van der Waals surface area contributed by atoms with Gasteiger partial charge in [0.25, 0.3) is 0 Å². The van der Waals surface area contributed by atoms with E-state index in [-0.39, 0.29) is 34.5 Å². The Kier molecular flexibility index (Phi) is 5.75. The van der Waals surface area contributed by atoms with Crippen molar-refractivity contribution in [1.29, 1.82) is 0 Å². The summed E-state index contributed by atoms with van der Waals surface area (Å²) in [5.74, 6) is 0.428. The Balaban J connectivity index is 1.27. The number of aliphatic carboxylic acids is 1. The highest BCUT2D eigenvalue weighted by atomic mass is 16.6. The van der Waals surface area contributed by atoms with Crippen molar-refractivity contribution in [2.75, 3.05) is 13.1 Å². The molecule has 5 aliphatic rings. The zero-order valence-corrected chi connectivity index (χ0v) is 20.3. The van der Waals surface area contributed by atoms with Gasteiger partial charge in [-0.3, -0.25) is 4.79 Å². The molecule has 0 bridgehead atoms. The molecule has 4 saturated carbocycles. The zero-order valence-electron chi connectivity index (χ0n) is 20.3. The van der Waals surface area contributed by atoms with Crippen LogP contribution in [0.15, 0.2) is 0 Å². The number of rotatable bonds is 2. The van der Waals surface area contributed by atoms with Gasteiger partial charge >= 0.3 is 12.1 Å². The minimum absolute atomic E-state index is 0.0465. The summed E-state index contributed by atoms with van der Waals surface area (Å²) in [5, 5.41) is 19.8. The summed E-state index contributed by atoms with van der Waals surface area (Å²) < 4.78 is 5.94. The standard InChI is InChI=1S/C26H42N2O5/c1-24-10-7-18(33-23(32)28-13-3-4-17(29)15-28)14-16(24)5-6-20-19(24)8-11-25(2)21(22(30)31)9-12-26(20,25)27/h16-21,29H,3-15,27H2,1-2H3,(H,30,31)/t16?,17?,18?,19-,20-,21?,24+,25-,26-/m1/s1. The molecule has 33 heavy (non-hydrogen) atoms.